The average molecular weight is 404 g/mol. The predicted molar refractivity (Wildman–Crippen MR) is 104 cm³/mol. The third kappa shape index (κ3) is 7.15. The minimum atomic E-state index is -0.589. The maximum Gasteiger partial charge on any atom is 0.237 e. The Kier molecular flexibility index (Phi) is 9.56. The van der Waals surface area contributed by atoms with Crippen molar-refractivity contribution in [2.45, 2.75) is 33.4 Å². The molecule has 0 aliphatic heterocycles. The van der Waals surface area contributed by atoms with Crippen LogP contribution in [0.25, 0.3) is 0 Å². The Morgan fingerprint density at radius 3 is 2.42 bits per heavy atom. The van der Waals surface area contributed by atoms with Gasteiger partial charge in [0.25, 0.3) is 0 Å². The highest BCUT2D eigenvalue weighted by atomic mass is 35.5. The molecule has 0 fully saturated rings. The first kappa shape index (κ1) is 24.1. The SMILES string of the molecule is CC(C)(C)[C@H](N)C(=O)NCc1ccnc(Oc2ccc(F)cc2)c1.Cl.Cl. The molecule has 2 rings (SSSR count). The Hall–Kier alpha value is -1.89. The second kappa shape index (κ2) is 10.3. The fraction of sp³-hybridized carbons (Fsp3) is 0.333. The van der Waals surface area contributed by atoms with E-state index in [1.807, 2.05) is 20.8 Å². The molecule has 0 bridgehead atoms. The largest absolute Gasteiger partial charge is 0.439 e. The molecule has 0 aliphatic rings. The van der Waals surface area contributed by atoms with Crippen molar-refractivity contribution >= 4 is 30.7 Å². The summed E-state index contributed by atoms with van der Waals surface area (Å²) in [6, 6.07) is 8.57. The number of ether oxygens (including phenoxy) is 1. The first-order chi connectivity index (χ1) is 11.3. The van der Waals surface area contributed by atoms with Crippen molar-refractivity contribution in [3.63, 3.8) is 0 Å². The molecular formula is C18H24Cl2FN3O2. The van der Waals surface area contributed by atoms with Crippen LogP contribution in [-0.2, 0) is 11.3 Å². The molecule has 144 valence electrons. The van der Waals surface area contributed by atoms with Crippen molar-refractivity contribution in [2.75, 3.05) is 0 Å². The summed E-state index contributed by atoms with van der Waals surface area (Å²) in [4.78, 5) is 16.2. The van der Waals surface area contributed by atoms with Crippen LogP contribution < -0.4 is 15.8 Å². The molecule has 0 aliphatic carbocycles. The normalized spacial score (nSPS) is 11.6. The molecule has 1 atom stereocenters. The smallest absolute Gasteiger partial charge is 0.237 e. The summed E-state index contributed by atoms with van der Waals surface area (Å²) in [5.41, 5.74) is 6.45. The summed E-state index contributed by atoms with van der Waals surface area (Å²) >= 11 is 0. The number of benzene rings is 1. The zero-order chi connectivity index (χ0) is 17.7. The molecular weight excluding hydrogens is 380 g/mol. The molecule has 2 aromatic rings. The first-order valence-corrected chi connectivity index (χ1v) is 7.67. The third-order valence-corrected chi connectivity index (χ3v) is 3.52. The number of halogens is 3. The minimum absolute atomic E-state index is 0. The standard InChI is InChI=1S/C18H22FN3O2.2ClH/c1-18(2,3)16(20)17(23)22-11-12-8-9-21-15(10-12)24-14-6-4-13(19)5-7-14;;/h4-10,16H,11,20H2,1-3H3,(H,22,23);2*1H/t16-;;/m1../s1. The van der Waals surface area contributed by atoms with Gasteiger partial charge in [-0.3, -0.25) is 4.79 Å². The van der Waals surface area contributed by atoms with E-state index in [1.54, 1.807) is 18.3 Å². The highest BCUT2D eigenvalue weighted by molar-refractivity contribution is 5.85. The van der Waals surface area contributed by atoms with Gasteiger partial charge in [0.2, 0.25) is 11.8 Å². The van der Waals surface area contributed by atoms with Crippen molar-refractivity contribution in [1.82, 2.24) is 10.3 Å². The van der Waals surface area contributed by atoms with Gasteiger partial charge in [0.05, 0.1) is 6.04 Å². The number of carbonyl (C=O) groups excluding carboxylic acids is 1. The van der Waals surface area contributed by atoms with Gasteiger partial charge in [-0.1, -0.05) is 20.8 Å². The predicted octanol–water partition coefficient (Wildman–Crippen LogP) is 3.85. The molecule has 0 spiro atoms. The van der Waals surface area contributed by atoms with Crippen LogP contribution in [-0.4, -0.2) is 16.9 Å². The number of aromatic nitrogens is 1. The van der Waals surface area contributed by atoms with Gasteiger partial charge in [-0.25, -0.2) is 9.37 Å². The van der Waals surface area contributed by atoms with Crippen LogP contribution in [0, 0.1) is 11.2 Å². The van der Waals surface area contributed by atoms with Crippen molar-refractivity contribution in [2.24, 2.45) is 11.1 Å². The molecule has 0 saturated carbocycles. The highest BCUT2D eigenvalue weighted by Crippen LogP contribution is 2.20. The van der Waals surface area contributed by atoms with Crippen LogP contribution in [0.3, 0.4) is 0 Å². The molecule has 1 aromatic heterocycles. The lowest BCUT2D eigenvalue weighted by Crippen LogP contribution is -2.48. The van der Waals surface area contributed by atoms with E-state index in [4.69, 9.17) is 10.5 Å². The molecule has 3 N–H and O–H groups in total. The van der Waals surface area contributed by atoms with E-state index in [0.29, 0.717) is 18.2 Å². The van der Waals surface area contributed by atoms with E-state index in [-0.39, 0.29) is 42.0 Å². The molecule has 1 aromatic carbocycles. The highest BCUT2D eigenvalue weighted by Gasteiger charge is 2.27. The number of hydrogen-bond donors (Lipinski definition) is 2. The number of nitrogens with one attached hydrogen (secondary N) is 1. The van der Waals surface area contributed by atoms with E-state index < -0.39 is 6.04 Å². The average Bonchev–Trinajstić information content (AvgIpc) is 2.53. The van der Waals surface area contributed by atoms with Gasteiger partial charge < -0.3 is 15.8 Å². The molecule has 0 saturated heterocycles. The van der Waals surface area contributed by atoms with Gasteiger partial charge in [0.15, 0.2) is 0 Å². The first-order valence-electron chi connectivity index (χ1n) is 7.67. The van der Waals surface area contributed by atoms with Crippen LogP contribution in [0.5, 0.6) is 11.6 Å². The van der Waals surface area contributed by atoms with Gasteiger partial charge in [-0.05, 0) is 41.3 Å². The quantitative estimate of drug-likeness (QED) is 0.794. The number of nitrogens with two attached hydrogens (primary N) is 1. The third-order valence-electron chi connectivity index (χ3n) is 3.52. The zero-order valence-electron chi connectivity index (χ0n) is 14.9. The van der Waals surface area contributed by atoms with E-state index in [0.717, 1.165) is 5.56 Å². The summed E-state index contributed by atoms with van der Waals surface area (Å²) < 4.78 is 18.5. The maximum atomic E-state index is 12.9. The Morgan fingerprint density at radius 2 is 1.85 bits per heavy atom. The Bertz CT molecular complexity index is 706. The number of pyridine rings is 1. The summed E-state index contributed by atoms with van der Waals surface area (Å²) in [6.45, 7) is 6.07. The van der Waals surface area contributed by atoms with E-state index in [9.17, 15) is 9.18 Å². The monoisotopic (exact) mass is 403 g/mol. The van der Waals surface area contributed by atoms with Crippen LogP contribution >= 0.6 is 24.8 Å². The minimum Gasteiger partial charge on any atom is -0.439 e. The van der Waals surface area contributed by atoms with Crippen molar-refractivity contribution in [3.8, 4) is 11.6 Å². The number of amides is 1. The lowest BCUT2D eigenvalue weighted by molar-refractivity contribution is -0.124. The van der Waals surface area contributed by atoms with Gasteiger partial charge >= 0.3 is 0 Å². The van der Waals surface area contributed by atoms with E-state index >= 15 is 0 Å². The second-order valence-electron chi connectivity index (χ2n) is 6.62. The molecule has 0 unspecified atom stereocenters. The number of hydrogen-bond acceptors (Lipinski definition) is 4. The summed E-state index contributed by atoms with van der Waals surface area (Å²) in [6.07, 6.45) is 1.59. The van der Waals surface area contributed by atoms with Crippen molar-refractivity contribution < 1.29 is 13.9 Å². The summed E-state index contributed by atoms with van der Waals surface area (Å²) in [5, 5.41) is 2.81. The lowest BCUT2D eigenvalue weighted by Gasteiger charge is -2.25. The fourth-order valence-electron chi connectivity index (χ4n) is 1.93. The van der Waals surface area contributed by atoms with Gasteiger partial charge in [0, 0.05) is 18.8 Å². The topological polar surface area (TPSA) is 77.2 Å². The second-order valence-corrected chi connectivity index (χ2v) is 6.62. The number of carbonyl (C=O) groups is 1. The lowest BCUT2D eigenvalue weighted by atomic mass is 9.87. The molecule has 1 heterocycles. The van der Waals surface area contributed by atoms with Crippen LogP contribution in [0.4, 0.5) is 4.39 Å². The Balaban J connectivity index is 0.00000312. The summed E-state index contributed by atoms with van der Waals surface area (Å²) in [7, 11) is 0. The van der Waals surface area contributed by atoms with Crippen molar-refractivity contribution in [1.29, 1.82) is 0 Å². The Labute approximate surface area is 165 Å². The van der Waals surface area contributed by atoms with E-state index in [2.05, 4.69) is 10.3 Å². The molecule has 8 heteroatoms. The van der Waals surface area contributed by atoms with Gasteiger partial charge in [0.1, 0.15) is 11.6 Å². The van der Waals surface area contributed by atoms with Gasteiger partial charge in [-0.15, -0.1) is 24.8 Å². The molecule has 1 amide bonds. The number of rotatable bonds is 5. The van der Waals surface area contributed by atoms with Crippen molar-refractivity contribution in [3.05, 3.63) is 54.0 Å². The maximum absolute atomic E-state index is 12.9. The number of nitrogens with zero attached hydrogens (tertiary/aromatic N) is 1. The van der Waals surface area contributed by atoms with Crippen LogP contribution in [0.15, 0.2) is 42.6 Å². The zero-order valence-corrected chi connectivity index (χ0v) is 16.5. The van der Waals surface area contributed by atoms with Gasteiger partial charge in [-0.2, -0.15) is 0 Å². The summed E-state index contributed by atoms with van der Waals surface area (Å²) in [5.74, 6) is 0.315. The molecule has 0 radical (unpaired) electrons. The molecule has 26 heavy (non-hydrogen) atoms. The van der Waals surface area contributed by atoms with Crippen LogP contribution in [0.1, 0.15) is 26.3 Å². The Morgan fingerprint density at radius 1 is 1.23 bits per heavy atom. The van der Waals surface area contributed by atoms with E-state index in [1.165, 1.54) is 24.3 Å². The molecule has 5 nitrogen and oxygen atoms in total. The van der Waals surface area contributed by atoms with Crippen LogP contribution in [0.2, 0.25) is 0 Å². The fourth-order valence-corrected chi connectivity index (χ4v) is 1.93.